The van der Waals surface area contributed by atoms with Gasteiger partial charge in [0, 0.05) is 29.0 Å². The van der Waals surface area contributed by atoms with Crippen LogP contribution in [-0.2, 0) is 17.1 Å². The molecule has 0 bridgehead atoms. The molecule has 3 heteroatoms. The molecular formula is C3H5CuNS. The van der Waals surface area contributed by atoms with Gasteiger partial charge in [0.1, 0.15) is 0 Å². The second kappa shape index (κ2) is 3.72. The normalized spacial score (nSPS) is 17.3. The Hall–Kier alpha value is 0.539. The van der Waals surface area contributed by atoms with Crippen molar-refractivity contribution in [3.63, 3.8) is 0 Å². The van der Waals surface area contributed by atoms with E-state index in [9.17, 15) is 0 Å². The van der Waals surface area contributed by atoms with E-state index in [1.165, 1.54) is 12.2 Å². The van der Waals surface area contributed by atoms with Crippen molar-refractivity contribution in [2.45, 2.75) is 6.42 Å². The van der Waals surface area contributed by atoms with Gasteiger partial charge < -0.3 is 0 Å². The minimum absolute atomic E-state index is 0. The Kier molecular flexibility index (Phi) is 4.05. The molecule has 0 unspecified atom stereocenters. The summed E-state index contributed by atoms with van der Waals surface area (Å²) in [4.78, 5) is 0. The van der Waals surface area contributed by atoms with Gasteiger partial charge in [0.25, 0.3) is 0 Å². The summed E-state index contributed by atoms with van der Waals surface area (Å²) >= 11 is 1.64. The fourth-order valence-corrected chi connectivity index (χ4v) is 0.791. The molecule has 1 heterocycles. The molecule has 0 spiro atoms. The maximum Gasteiger partial charge on any atom is 0.0202 e. The van der Waals surface area contributed by atoms with E-state index in [1.54, 1.807) is 11.9 Å². The first-order valence-corrected chi connectivity index (χ1v) is 2.58. The molecule has 0 saturated carbocycles. The van der Waals surface area contributed by atoms with Crippen molar-refractivity contribution in [2.75, 3.05) is 5.75 Å². The SMILES string of the molecule is C1=NSCC1.[Cu]. The van der Waals surface area contributed by atoms with Gasteiger partial charge in [0.2, 0.25) is 0 Å². The number of hydrogen-bond donors (Lipinski definition) is 0. The number of nitrogens with zero attached hydrogens (tertiary/aromatic N) is 1. The Labute approximate surface area is 52.2 Å². The van der Waals surface area contributed by atoms with Gasteiger partial charge >= 0.3 is 0 Å². The molecule has 0 aromatic rings. The van der Waals surface area contributed by atoms with Crippen molar-refractivity contribution in [3.05, 3.63) is 0 Å². The average Bonchev–Trinajstić information content (AvgIpc) is 1.76. The van der Waals surface area contributed by atoms with Gasteiger partial charge in [-0.3, -0.25) is 0 Å². The van der Waals surface area contributed by atoms with Gasteiger partial charge in [-0.2, -0.15) is 0 Å². The van der Waals surface area contributed by atoms with Crippen molar-refractivity contribution < 1.29 is 17.1 Å². The molecule has 0 N–H and O–H groups in total. The Balaban J connectivity index is 0.000000250. The number of rotatable bonds is 0. The molecule has 0 amide bonds. The molecular weight excluding hydrogens is 146 g/mol. The molecule has 1 aliphatic heterocycles. The predicted molar refractivity (Wildman–Crippen MR) is 25.6 cm³/mol. The smallest absolute Gasteiger partial charge is 0.0202 e. The van der Waals surface area contributed by atoms with E-state index in [0.29, 0.717) is 0 Å². The molecule has 39 valence electrons. The maximum absolute atomic E-state index is 3.88. The zero-order valence-corrected chi connectivity index (χ0v) is 4.91. The molecule has 0 aromatic heterocycles. The van der Waals surface area contributed by atoms with Crippen molar-refractivity contribution in [1.29, 1.82) is 0 Å². The zero-order valence-electron chi connectivity index (χ0n) is 3.15. The van der Waals surface area contributed by atoms with Gasteiger partial charge in [0.15, 0.2) is 0 Å². The predicted octanol–water partition coefficient (Wildman–Crippen LogP) is 1.11. The van der Waals surface area contributed by atoms with Crippen LogP contribution in [0.25, 0.3) is 0 Å². The third-order valence-corrected chi connectivity index (χ3v) is 1.20. The van der Waals surface area contributed by atoms with Crippen molar-refractivity contribution in [3.8, 4) is 0 Å². The Morgan fingerprint density at radius 2 is 2.50 bits per heavy atom. The van der Waals surface area contributed by atoms with Gasteiger partial charge in [0.05, 0.1) is 0 Å². The minimum Gasteiger partial charge on any atom is -0.229 e. The van der Waals surface area contributed by atoms with Crippen LogP contribution in [0.3, 0.4) is 0 Å². The van der Waals surface area contributed by atoms with Crippen molar-refractivity contribution in [2.24, 2.45) is 4.40 Å². The van der Waals surface area contributed by atoms with E-state index >= 15 is 0 Å². The van der Waals surface area contributed by atoms with Crippen LogP contribution in [-0.4, -0.2) is 12.0 Å². The summed E-state index contributed by atoms with van der Waals surface area (Å²) in [5.41, 5.74) is 0. The van der Waals surface area contributed by atoms with E-state index in [2.05, 4.69) is 4.40 Å². The molecule has 0 atom stereocenters. The van der Waals surface area contributed by atoms with Crippen molar-refractivity contribution >= 4 is 18.2 Å². The van der Waals surface area contributed by atoms with Crippen LogP contribution in [0.15, 0.2) is 4.40 Å². The molecule has 0 aliphatic carbocycles. The second-order valence-corrected chi connectivity index (χ2v) is 1.79. The summed E-state index contributed by atoms with van der Waals surface area (Å²) in [7, 11) is 0. The van der Waals surface area contributed by atoms with Crippen LogP contribution >= 0.6 is 11.9 Å². The first-order chi connectivity index (χ1) is 2.50. The fourth-order valence-electron chi connectivity index (χ4n) is 0.264. The number of hydrogen-bond acceptors (Lipinski definition) is 2. The van der Waals surface area contributed by atoms with Gasteiger partial charge in [-0.05, 0) is 18.4 Å². The van der Waals surface area contributed by atoms with Crippen LogP contribution in [0.5, 0.6) is 0 Å². The Morgan fingerprint density at radius 1 is 1.67 bits per heavy atom. The standard InChI is InChI=1S/C3H5NS.Cu/c1-2-4-5-3-1;/h2H,1,3H2;. The first-order valence-electron chi connectivity index (χ1n) is 1.64. The van der Waals surface area contributed by atoms with E-state index in [4.69, 9.17) is 0 Å². The molecule has 0 saturated heterocycles. The van der Waals surface area contributed by atoms with Crippen LogP contribution in [0.2, 0.25) is 0 Å². The van der Waals surface area contributed by atoms with E-state index in [1.807, 2.05) is 6.21 Å². The third-order valence-electron chi connectivity index (χ3n) is 0.487. The van der Waals surface area contributed by atoms with Gasteiger partial charge in [-0.25, -0.2) is 4.40 Å². The zero-order chi connectivity index (χ0) is 3.54. The summed E-state index contributed by atoms with van der Waals surface area (Å²) in [6.45, 7) is 0. The molecule has 1 rings (SSSR count). The monoisotopic (exact) mass is 150 g/mol. The molecule has 1 radical (unpaired) electrons. The first kappa shape index (κ1) is 6.54. The Morgan fingerprint density at radius 3 is 2.67 bits per heavy atom. The summed E-state index contributed by atoms with van der Waals surface area (Å²) < 4.78 is 3.88. The van der Waals surface area contributed by atoms with Crippen LogP contribution in [0.1, 0.15) is 6.42 Å². The molecule has 1 aliphatic rings. The summed E-state index contributed by atoms with van der Waals surface area (Å²) in [5.74, 6) is 1.19. The summed E-state index contributed by atoms with van der Waals surface area (Å²) in [6.07, 6.45) is 3.12. The molecule has 1 nitrogen and oxygen atoms in total. The van der Waals surface area contributed by atoms with E-state index in [0.717, 1.165) is 0 Å². The molecule has 6 heavy (non-hydrogen) atoms. The van der Waals surface area contributed by atoms with Crippen LogP contribution < -0.4 is 0 Å². The minimum atomic E-state index is 0. The third kappa shape index (κ3) is 1.85. The van der Waals surface area contributed by atoms with E-state index in [-0.39, 0.29) is 17.1 Å². The van der Waals surface area contributed by atoms with Crippen LogP contribution in [0, 0.1) is 0 Å². The second-order valence-electron chi connectivity index (χ2n) is 0.910. The quantitative estimate of drug-likeness (QED) is 0.372. The van der Waals surface area contributed by atoms with E-state index < -0.39 is 0 Å². The Bertz CT molecular complexity index is 48.8. The fraction of sp³-hybridized carbons (Fsp3) is 0.667. The topological polar surface area (TPSA) is 12.4 Å². The average molecular weight is 151 g/mol. The van der Waals surface area contributed by atoms with Crippen molar-refractivity contribution in [1.82, 2.24) is 0 Å². The summed E-state index contributed by atoms with van der Waals surface area (Å²) in [6, 6.07) is 0. The van der Waals surface area contributed by atoms with Gasteiger partial charge in [-0.1, -0.05) is 0 Å². The molecule has 0 fully saturated rings. The summed E-state index contributed by atoms with van der Waals surface area (Å²) in [5, 5.41) is 0. The van der Waals surface area contributed by atoms with Gasteiger partial charge in [-0.15, -0.1) is 0 Å². The molecule has 0 aromatic carbocycles. The maximum atomic E-state index is 3.88. The van der Waals surface area contributed by atoms with Crippen LogP contribution in [0.4, 0.5) is 0 Å². The largest absolute Gasteiger partial charge is 0.229 e.